The highest BCUT2D eigenvalue weighted by atomic mass is 16.8. The second-order valence-corrected chi connectivity index (χ2v) is 4.48. The summed E-state index contributed by atoms with van der Waals surface area (Å²) >= 11 is 0. The summed E-state index contributed by atoms with van der Waals surface area (Å²) in [7, 11) is 0. The summed E-state index contributed by atoms with van der Waals surface area (Å²) in [5.74, 6) is -8.84. The lowest BCUT2D eigenvalue weighted by Gasteiger charge is -2.33. The van der Waals surface area contributed by atoms with E-state index in [9.17, 15) is 60.7 Å². The van der Waals surface area contributed by atoms with E-state index in [1.54, 1.807) is 0 Å². The minimum Gasteiger partial charge on any atom is -0.260 e. The van der Waals surface area contributed by atoms with Crippen molar-refractivity contribution < 1.29 is 29.9 Å². The molecule has 2 aliphatic rings. The SMILES string of the molecule is O=[N+]([O-])N1C=NC2=CN([N+](=O)[O-])C([N+](=O)[O-])([N+](=O)[O-])N([N+](=O)[O-])C21[N+](=O)[O-]. The number of hydrogen-bond donors (Lipinski definition) is 0. The molecule has 0 bridgehead atoms. The molecule has 22 nitrogen and oxygen atoms in total. The molecule has 0 aromatic carbocycles. The van der Waals surface area contributed by atoms with Gasteiger partial charge in [0.1, 0.15) is 6.20 Å². The van der Waals surface area contributed by atoms with Gasteiger partial charge in [0.25, 0.3) is 0 Å². The van der Waals surface area contributed by atoms with Crippen molar-refractivity contribution >= 4 is 6.34 Å². The number of nitrogens with zero attached hydrogens (tertiary/aromatic N) is 10. The smallest absolute Gasteiger partial charge is 0.260 e. The summed E-state index contributed by atoms with van der Waals surface area (Å²) in [4.78, 5) is 64.7. The molecule has 1 atom stereocenters. The summed E-state index contributed by atoms with van der Waals surface area (Å²) in [6.45, 7) is 0. The number of hydrogen-bond acceptors (Lipinski definition) is 13. The van der Waals surface area contributed by atoms with Crippen LogP contribution in [0.25, 0.3) is 0 Å². The Kier molecular flexibility index (Phi) is 3.68. The third-order valence-corrected chi connectivity index (χ3v) is 3.36. The lowest BCUT2D eigenvalue weighted by molar-refractivity contribution is -0.995. The van der Waals surface area contributed by atoms with Crippen LogP contribution >= 0.6 is 0 Å². The predicted octanol–water partition coefficient (Wildman–Crippen LogP) is -2.54. The maximum Gasteiger partial charge on any atom is 0.749 e. The topological polar surface area (TPSA) is 281 Å². The van der Waals surface area contributed by atoms with Crippen LogP contribution in [0, 0.1) is 60.7 Å². The molecule has 22 heteroatoms. The maximum absolute atomic E-state index is 11.6. The van der Waals surface area contributed by atoms with Crippen LogP contribution in [-0.2, 0) is 0 Å². The Balaban J connectivity index is 3.09. The van der Waals surface area contributed by atoms with Crippen molar-refractivity contribution in [1.29, 1.82) is 0 Å². The molecule has 2 aliphatic heterocycles. The van der Waals surface area contributed by atoms with Crippen molar-refractivity contribution in [3.05, 3.63) is 72.6 Å². The average molecular weight is 394 g/mol. The molecule has 0 saturated carbocycles. The minimum atomic E-state index is -4.77. The van der Waals surface area contributed by atoms with Gasteiger partial charge in [0.2, 0.25) is 0 Å². The molecule has 0 saturated heterocycles. The van der Waals surface area contributed by atoms with Gasteiger partial charge in [-0.25, -0.2) is 35.3 Å². The van der Waals surface area contributed by atoms with Gasteiger partial charge in [-0.1, -0.05) is 0 Å². The van der Waals surface area contributed by atoms with Crippen LogP contribution in [0.2, 0.25) is 0 Å². The highest BCUT2D eigenvalue weighted by molar-refractivity contribution is 5.62. The summed E-state index contributed by atoms with van der Waals surface area (Å²) in [5.41, 5.74) is -1.43. The molecule has 0 aromatic rings. The third-order valence-electron chi connectivity index (χ3n) is 3.36. The maximum atomic E-state index is 11.6. The molecule has 0 fully saturated rings. The van der Waals surface area contributed by atoms with E-state index in [1.165, 1.54) is 0 Å². The van der Waals surface area contributed by atoms with E-state index in [4.69, 9.17) is 0 Å². The van der Waals surface area contributed by atoms with Crippen LogP contribution < -0.4 is 0 Å². The fraction of sp³-hybridized carbons (Fsp3) is 0.400. The van der Waals surface area contributed by atoms with Crippen molar-refractivity contribution in [1.82, 2.24) is 15.0 Å². The molecule has 144 valence electrons. The van der Waals surface area contributed by atoms with E-state index in [-0.39, 0.29) is 12.5 Å². The quantitative estimate of drug-likeness (QED) is 0.254. The van der Waals surface area contributed by atoms with Crippen LogP contribution in [-0.4, -0.2) is 62.9 Å². The molecule has 0 spiro atoms. The normalized spacial score (nSPS) is 22.7. The van der Waals surface area contributed by atoms with Gasteiger partial charge in [0, 0.05) is 5.01 Å². The van der Waals surface area contributed by atoms with Crippen LogP contribution in [0.3, 0.4) is 0 Å². The zero-order valence-corrected chi connectivity index (χ0v) is 12.0. The molecule has 0 amide bonds. The number of rotatable bonds is 6. The van der Waals surface area contributed by atoms with E-state index >= 15 is 0 Å². The van der Waals surface area contributed by atoms with Gasteiger partial charge in [-0.05, 0) is 0 Å². The van der Waals surface area contributed by atoms with Gasteiger partial charge in [0.15, 0.2) is 42.0 Å². The Morgan fingerprint density at radius 2 is 1.22 bits per heavy atom. The van der Waals surface area contributed by atoms with Crippen molar-refractivity contribution in [2.45, 2.75) is 11.7 Å². The summed E-state index contributed by atoms with van der Waals surface area (Å²) in [5, 5.41) is 59.0. The number of fused-ring (bicyclic) bond motifs is 1. The minimum absolute atomic E-state index is 0.0147. The second-order valence-electron chi connectivity index (χ2n) is 4.48. The van der Waals surface area contributed by atoms with Gasteiger partial charge in [-0.15, -0.1) is 0 Å². The highest BCUT2D eigenvalue weighted by Gasteiger charge is 2.95. The van der Waals surface area contributed by atoms with Crippen molar-refractivity contribution in [2.24, 2.45) is 4.99 Å². The summed E-state index contributed by atoms with van der Waals surface area (Å²) < 4.78 is 0. The van der Waals surface area contributed by atoms with Crippen LogP contribution in [0.15, 0.2) is 16.9 Å². The molecule has 0 radical (unpaired) electrons. The van der Waals surface area contributed by atoms with Crippen LogP contribution in [0.4, 0.5) is 0 Å². The van der Waals surface area contributed by atoms with E-state index in [0.717, 1.165) is 0 Å². The van der Waals surface area contributed by atoms with Crippen molar-refractivity contribution in [3.63, 3.8) is 0 Å². The first-order chi connectivity index (χ1) is 12.4. The Bertz CT molecular complexity index is 849. The van der Waals surface area contributed by atoms with Crippen molar-refractivity contribution in [3.8, 4) is 0 Å². The number of aliphatic imine (C=N–C) groups is 1. The predicted molar refractivity (Wildman–Crippen MR) is 69.5 cm³/mol. The summed E-state index contributed by atoms with van der Waals surface area (Å²) in [6.07, 6.45) is -0.256. The van der Waals surface area contributed by atoms with Gasteiger partial charge in [0.05, 0.1) is 9.93 Å². The Labute approximate surface area is 142 Å². The van der Waals surface area contributed by atoms with Gasteiger partial charge in [-0.3, -0.25) is 30.3 Å². The first-order valence-corrected chi connectivity index (χ1v) is 5.89. The lowest BCUT2D eigenvalue weighted by Crippen LogP contribution is -2.83. The second kappa shape index (κ2) is 5.36. The zero-order chi connectivity index (χ0) is 20.9. The first kappa shape index (κ1) is 18.5. The molecule has 1 unspecified atom stereocenters. The van der Waals surface area contributed by atoms with Crippen molar-refractivity contribution in [2.75, 3.05) is 0 Å². The van der Waals surface area contributed by atoms with E-state index < -0.39 is 62.3 Å². The molecule has 0 aliphatic carbocycles. The molecule has 2 heterocycles. The van der Waals surface area contributed by atoms with E-state index in [2.05, 4.69) is 4.99 Å². The molecule has 0 aromatic heterocycles. The summed E-state index contributed by atoms with van der Waals surface area (Å²) in [6, 6.07) is 0. The molecule has 0 N–H and O–H groups in total. The zero-order valence-electron chi connectivity index (χ0n) is 12.0. The number of nitro groups is 6. The largest absolute Gasteiger partial charge is 0.749 e. The van der Waals surface area contributed by atoms with E-state index in [0.29, 0.717) is 0 Å². The molecule has 27 heavy (non-hydrogen) atoms. The Morgan fingerprint density at radius 1 is 0.741 bits per heavy atom. The van der Waals surface area contributed by atoms with Gasteiger partial charge < -0.3 is 0 Å². The monoisotopic (exact) mass is 394 g/mol. The Morgan fingerprint density at radius 3 is 1.56 bits per heavy atom. The van der Waals surface area contributed by atoms with Crippen LogP contribution in [0.1, 0.15) is 0 Å². The Hall–Kier alpha value is -4.79. The van der Waals surface area contributed by atoms with Crippen LogP contribution in [0.5, 0.6) is 0 Å². The molecular formula is C5H2N10O12. The fourth-order valence-electron chi connectivity index (χ4n) is 2.41. The third kappa shape index (κ3) is 1.90. The van der Waals surface area contributed by atoms with E-state index in [1.807, 2.05) is 0 Å². The first-order valence-electron chi connectivity index (χ1n) is 5.89. The lowest BCUT2D eigenvalue weighted by atomic mass is 10.2. The standard InChI is InChI=1S/C5H2N10O12/c16-10(17)4-3(6-2-8(4)14(24)25)1-7(13(22)23)5(11(18)19,12(20)21)9(4)15(26)27/h1-2H. The van der Waals surface area contributed by atoms with Gasteiger partial charge >= 0.3 is 11.7 Å². The molecule has 2 rings (SSSR count). The fourth-order valence-corrected chi connectivity index (χ4v) is 2.41. The average Bonchev–Trinajstić information content (AvgIpc) is 2.91. The molecular weight excluding hydrogens is 392 g/mol. The number of hydrazine groups is 3. The highest BCUT2D eigenvalue weighted by Crippen LogP contribution is 2.44. The van der Waals surface area contributed by atoms with Gasteiger partial charge in [-0.2, -0.15) is 0 Å².